The first-order chi connectivity index (χ1) is 9.95. The SMILES string of the molecule is CC(CNC(=O)C1(c2ccc(Br)cc2)CCCC1)C(=O)O. The monoisotopic (exact) mass is 353 g/mol. The number of rotatable bonds is 5. The molecule has 1 amide bonds. The Kier molecular flexibility index (Phi) is 5.04. The number of halogens is 1. The molecule has 2 N–H and O–H groups in total. The third-order valence-electron chi connectivity index (χ3n) is 4.28. The first kappa shape index (κ1) is 16.0. The van der Waals surface area contributed by atoms with E-state index in [-0.39, 0.29) is 12.5 Å². The van der Waals surface area contributed by atoms with E-state index in [2.05, 4.69) is 21.2 Å². The van der Waals surface area contributed by atoms with Crippen molar-refractivity contribution >= 4 is 27.8 Å². The molecule has 0 bridgehead atoms. The number of hydrogen-bond acceptors (Lipinski definition) is 2. The van der Waals surface area contributed by atoms with Crippen molar-refractivity contribution in [1.29, 1.82) is 0 Å². The second-order valence-corrected chi connectivity index (χ2v) is 6.66. The fourth-order valence-corrected chi connectivity index (χ4v) is 3.16. The second-order valence-electron chi connectivity index (χ2n) is 5.75. The minimum atomic E-state index is -0.889. The van der Waals surface area contributed by atoms with Gasteiger partial charge in [0.15, 0.2) is 0 Å². The van der Waals surface area contributed by atoms with E-state index >= 15 is 0 Å². The molecule has 0 saturated heterocycles. The molecule has 1 unspecified atom stereocenters. The number of benzene rings is 1. The molecular weight excluding hydrogens is 334 g/mol. The summed E-state index contributed by atoms with van der Waals surface area (Å²) in [6.45, 7) is 1.77. The van der Waals surface area contributed by atoms with Crippen LogP contribution in [0.4, 0.5) is 0 Å². The molecule has 1 saturated carbocycles. The molecule has 0 aliphatic heterocycles. The van der Waals surface area contributed by atoms with Gasteiger partial charge in [0.2, 0.25) is 5.91 Å². The van der Waals surface area contributed by atoms with Gasteiger partial charge in [0.05, 0.1) is 11.3 Å². The highest BCUT2D eigenvalue weighted by molar-refractivity contribution is 9.10. The molecule has 0 aromatic heterocycles. The van der Waals surface area contributed by atoms with E-state index in [4.69, 9.17) is 5.11 Å². The van der Waals surface area contributed by atoms with Gasteiger partial charge in [0.25, 0.3) is 0 Å². The van der Waals surface area contributed by atoms with Gasteiger partial charge in [-0.2, -0.15) is 0 Å². The number of nitrogens with one attached hydrogen (secondary N) is 1. The fraction of sp³-hybridized carbons (Fsp3) is 0.500. The molecule has 1 fully saturated rings. The standard InChI is InChI=1S/C16H20BrNO3/c1-11(14(19)20)10-18-15(21)16(8-2-3-9-16)12-4-6-13(17)7-5-12/h4-7,11H,2-3,8-10H2,1H3,(H,18,21)(H,19,20). The maximum atomic E-state index is 12.7. The zero-order valence-electron chi connectivity index (χ0n) is 12.1. The number of aliphatic carboxylic acids is 1. The maximum Gasteiger partial charge on any atom is 0.308 e. The normalized spacial score (nSPS) is 18.2. The first-order valence-electron chi connectivity index (χ1n) is 7.23. The van der Waals surface area contributed by atoms with Crippen LogP contribution in [0.3, 0.4) is 0 Å². The van der Waals surface area contributed by atoms with Crippen LogP contribution in [0.15, 0.2) is 28.7 Å². The van der Waals surface area contributed by atoms with Crippen molar-refractivity contribution in [3.63, 3.8) is 0 Å². The molecule has 1 aromatic rings. The van der Waals surface area contributed by atoms with E-state index in [0.29, 0.717) is 0 Å². The van der Waals surface area contributed by atoms with Gasteiger partial charge < -0.3 is 10.4 Å². The fourth-order valence-electron chi connectivity index (χ4n) is 2.90. The van der Waals surface area contributed by atoms with Gasteiger partial charge in [-0.25, -0.2) is 0 Å². The van der Waals surface area contributed by atoms with E-state index in [1.807, 2.05) is 24.3 Å². The van der Waals surface area contributed by atoms with Gasteiger partial charge >= 0.3 is 5.97 Å². The van der Waals surface area contributed by atoms with Gasteiger partial charge in [-0.05, 0) is 30.5 Å². The number of hydrogen-bond donors (Lipinski definition) is 2. The Morgan fingerprint density at radius 3 is 2.38 bits per heavy atom. The third-order valence-corrected chi connectivity index (χ3v) is 4.81. The molecule has 1 aromatic carbocycles. The molecule has 5 heteroatoms. The van der Waals surface area contributed by atoms with Crippen LogP contribution in [-0.2, 0) is 15.0 Å². The van der Waals surface area contributed by atoms with Crippen molar-refractivity contribution in [2.45, 2.75) is 38.0 Å². The molecule has 4 nitrogen and oxygen atoms in total. The predicted molar refractivity (Wildman–Crippen MR) is 84.1 cm³/mol. The van der Waals surface area contributed by atoms with E-state index in [0.717, 1.165) is 35.7 Å². The lowest BCUT2D eigenvalue weighted by molar-refractivity contribution is -0.141. The number of carbonyl (C=O) groups excluding carboxylic acids is 1. The molecule has 0 radical (unpaired) electrons. The molecule has 0 heterocycles. The maximum absolute atomic E-state index is 12.7. The summed E-state index contributed by atoms with van der Waals surface area (Å²) in [5, 5.41) is 11.7. The van der Waals surface area contributed by atoms with Gasteiger partial charge in [-0.1, -0.05) is 47.8 Å². The topological polar surface area (TPSA) is 66.4 Å². The molecule has 1 aliphatic carbocycles. The summed E-state index contributed by atoms with van der Waals surface area (Å²) in [5.41, 5.74) is 0.516. The largest absolute Gasteiger partial charge is 0.481 e. The van der Waals surface area contributed by atoms with Gasteiger partial charge in [0, 0.05) is 11.0 Å². The Labute approximate surface area is 133 Å². The van der Waals surface area contributed by atoms with Crippen LogP contribution < -0.4 is 5.32 Å². The highest BCUT2D eigenvalue weighted by Crippen LogP contribution is 2.41. The lowest BCUT2D eigenvalue weighted by Gasteiger charge is -2.28. The average molecular weight is 354 g/mol. The molecule has 1 aliphatic rings. The number of amides is 1. The smallest absolute Gasteiger partial charge is 0.308 e. The zero-order chi connectivity index (χ0) is 15.5. The number of carboxylic acids is 1. The number of carbonyl (C=O) groups is 2. The Morgan fingerprint density at radius 2 is 1.86 bits per heavy atom. The van der Waals surface area contributed by atoms with Crippen molar-refractivity contribution in [1.82, 2.24) is 5.32 Å². The van der Waals surface area contributed by atoms with Gasteiger partial charge in [0.1, 0.15) is 0 Å². The van der Waals surface area contributed by atoms with Crippen LogP contribution in [0.1, 0.15) is 38.2 Å². The third kappa shape index (κ3) is 3.46. The predicted octanol–water partition coefficient (Wildman–Crippen LogP) is 3.10. The highest BCUT2D eigenvalue weighted by atomic mass is 79.9. The van der Waals surface area contributed by atoms with Crippen LogP contribution in [0.25, 0.3) is 0 Å². The van der Waals surface area contributed by atoms with Crippen LogP contribution in [0.2, 0.25) is 0 Å². The number of carboxylic acid groups (broad SMARTS) is 1. The lowest BCUT2D eigenvalue weighted by Crippen LogP contribution is -2.44. The van der Waals surface area contributed by atoms with Crippen LogP contribution in [0, 0.1) is 5.92 Å². The van der Waals surface area contributed by atoms with E-state index < -0.39 is 17.3 Å². The van der Waals surface area contributed by atoms with E-state index in [1.54, 1.807) is 6.92 Å². The summed E-state index contributed by atoms with van der Waals surface area (Å²) >= 11 is 3.41. The Morgan fingerprint density at radius 1 is 1.29 bits per heavy atom. The van der Waals surface area contributed by atoms with Crippen molar-refractivity contribution in [3.05, 3.63) is 34.3 Å². The lowest BCUT2D eigenvalue weighted by atomic mass is 9.78. The first-order valence-corrected chi connectivity index (χ1v) is 8.02. The van der Waals surface area contributed by atoms with E-state index in [1.165, 1.54) is 0 Å². The van der Waals surface area contributed by atoms with Crippen molar-refractivity contribution < 1.29 is 14.7 Å². The van der Waals surface area contributed by atoms with Crippen LogP contribution in [0.5, 0.6) is 0 Å². The van der Waals surface area contributed by atoms with Crippen molar-refractivity contribution in [2.75, 3.05) is 6.54 Å². The molecule has 2 rings (SSSR count). The Bertz CT molecular complexity index is 521. The van der Waals surface area contributed by atoms with E-state index in [9.17, 15) is 9.59 Å². The van der Waals surface area contributed by atoms with Gasteiger partial charge in [-0.15, -0.1) is 0 Å². The summed E-state index contributed by atoms with van der Waals surface area (Å²) in [6, 6.07) is 7.86. The molecular formula is C16H20BrNO3. The second kappa shape index (κ2) is 6.60. The Hall–Kier alpha value is -1.36. The quantitative estimate of drug-likeness (QED) is 0.854. The molecule has 114 valence electrons. The zero-order valence-corrected chi connectivity index (χ0v) is 13.6. The molecule has 21 heavy (non-hydrogen) atoms. The van der Waals surface area contributed by atoms with Crippen LogP contribution in [-0.4, -0.2) is 23.5 Å². The Balaban J connectivity index is 2.16. The minimum Gasteiger partial charge on any atom is -0.481 e. The van der Waals surface area contributed by atoms with Gasteiger partial charge in [-0.3, -0.25) is 9.59 Å². The summed E-state index contributed by atoms with van der Waals surface area (Å²) in [4.78, 5) is 23.5. The van der Waals surface area contributed by atoms with Crippen molar-refractivity contribution in [3.8, 4) is 0 Å². The summed E-state index contributed by atoms with van der Waals surface area (Å²) in [7, 11) is 0. The van der Waals surface area contributed by atoms with Crippen LogP contribution >= 0.6 is 15.9 Å². The summed E-state index contributed by atoms with van der Waals surface area (Å²) in [5.74, 6) is -1.51. The summed E-state index contributed by atoms with van der Waals surface area (Å²) < 4.78 is 0.985. The van der Waals surface area contributed by atoms with Crippen molar-refractivity contribution in [2.24, 2.45) is 5.92 Å². The average Bonchev–Trinajstić information content (AvgIpc) is 2.95. The highest BCUT2D eigenvalue weighted by Gasteiger charge is 2.42. The molecule has 0 spiro atoms. The summed E-state index contributed by atoms with van der Waals surface area (Å²) in [6.07, 6.45) is 3.69. The molecule has 1 atom stereocenters. The minimum absolute atomic E-state index is 0.0459.